The van der Waals surface area contributed by atoms with Gasteiger partial charge >= 0.3 is 0 Å². The van der Waals surface area contributed by atoms with Gasteiger partial charge in [0.05, 0.1) is 5.39 Å². The molecule has 1 aromatic heterocycles. The van der Waals surface area contributed by atoms with Crippen molar-refractivity contribution in [2.45, 2.75) is 0 Å². The van der Waals surface area contributed by atoms with E-state index in [0.717, 1.165) is 0 Å². The van der Waals surface area contributed by atoms with E-state index in [0.29, 0.717) is 0 Å². The lowest BCUT2D eigenvalue weighted by Crippen LogP contribution is -3.00. The van der Waals surface area contributed by atoms with Gasteiger partial charge in [0.15, 0.2) is 6.20 Å². The van der Waals surface area contributed by atoms with Crippen LogP contribution in [0.15, 0.2) is 73.1 Å². The van der Waals surface area contributed by atoms with E-state index in [-0.39, 0.29) is 24.0 Å². The molecular weight excluding hydrogens is 407 g/mol. The molecule has 1 aliphatic heterocycles. The molecule has 0 atom stereocenters. The fourth-order valence-corrected chi connectivity index (χ4v) is 3.19. The molecule has 0 fully saturated rings. The van der Waals surface area contributed by atoms with E-state index in [9.17, 15) is 0 Å². The van der Waals surface area contributed by atoms with E-state index in [2.05, 4.69) is 103 Å². The Labute approximate surface area is 159 Å². The minimum atomic E-state index is 0. The summed E-state index contributed by atoms with van der Waals surface area (Å²) in [5, 5.41) is 1.27. The van der Waals surface area contributed by atoms with Crippen LogP contribution < -0.4 is 33.4 Å². The first kappa shape index (κ1) is 16.7. The van der Waals surface area contributed by atoms with Gasteiger partial charge in [0, 0.05) is 36.6 Å². The van der Waals surface area contributed by atoms with Gasteiger partial charge < -0.3 is 28.9 Å². The highest BCUT2D eigenvalue weighted by molar-refractivity contribution is 5.98. The highest BCUT2D eigenvalue weighted by Crippen LogP contribution is 2.33. The molecular formula is C21H19IN2. The van der Waals surface area contributed by atoms with Gasteiger partial charge in [-0.3, -0.25) is 0 Å². The van der Waals surface area contributed by atoms with Crippen molar-refractivity contribution < 1.29 is 28.5 Å². The Bertz CT molecular complexity index is 957. The second-order valence-electron chi connectivity index (χ2n) is 5.94. The van der Waals surface area contributed by atoms with Gasteiger partial charge in [-0.25, -0.2) is 4.57 Å². The fraction of sp³-hybridized carbons (Fsp3) is 0.0952. The van der Waals surface area contributed by atoms with Crippen LogP contribution in [-0.2, 0) is 7.05 Å². The van der Waals surface area contributed by atoms with Crippen molar-refractivity contribution >= 4 is 28.2 Å². The summed E-state index contributed by atoms with van der Waals surface area (Å²) in [6, 6.07) is 19.3. The number of allylic oxidation sites excluding steroid dienone is 2. The van der Waals surface area contributed by atoms with Crippen molar-refractivity contribution in [1.82, 2.24) is 0 Å². The van der Waals surface area contributed by atoms with Gasteiger partial charge in [-0.2, -0.15) is 0 Å². The van der Waals surface area contributed by atoms with Crippen molar-refractivity contribution in [2.75, 3.05) is 11.9 Å². The lowest BCUT2D eigenvalue weighted by molar-refractivity contribution is -0.644. The normalized spacial score (nSPS) is 14.6. The van der Waals surface area contributed by atoms with Crippen LogP contribution in [0.1, 0.15) is 11.1 Å². The van der Waals surface area contributed by atoms with Crippen LogP contribution in [0.3, 0.4) is 0 Å². The van der Waals surface area contributed by atoms with E-state index < -0.39 is 0 Å². The Hall–Kier alpha value is -2.14. The number of anilines is 1. The monoisotopic (exact) mass is 426 g/mol. The fourth-order valence-electron chi connectivity index (χ4n) is 3.19. The molecule has 2 heterocycles. The molecule has 0 spiro atoms. The molecule has 0 aliphatic carbocycles. The van der Waals surface area contributed by atoms with E-state index >= 15 is 0 Å². The zero-order valence-electron chi connectivity index (χ0n) is 13.8. The number of fused-ring (bicyclic) bond motifs is 2. The molecule has 2 nitrogen and oxygen atoms in total. The number of hydrogen-bond acceptors (Lipinski definition) is 1. The van der Waals surface area contributed by atoms with E-state index in [1.807, 2.05) is 0 Å². The van der Waals surface area contributed by atoms with Gasteiger partial charge in [-0.05, 0) is 35.4 Å². The van der Waals surface area contributed by atoms with E-state index in [1.54, 1.807) is 0 Å². The summed E-state index contributed by atoms with van der Waals surface area (Å²) in [6.45, 7) is 0. The van der Waals surface area contributed by atoms with Crippen LogP contribution in [0.2, 0.25) is 0 Å². The molecule has 0 unspecified atom stereocenters. The Kier molecular flexibility index (Phi) is 4.71. The topological polar surface area (TPSA) is 7.12 Å². The van der Waals surface area contributed by atoms with Gasteiger partial charge in [-0.1, -0.05) is 30.3 Å². The highest BCUT2D eigenvalue weighted by atomic mass is 127. The SMILES string of the molecule is CN1C=C/C(=C\c2cc[n+](C)c3ccccc23)c2ccccc21.[I-]. The molecule has 3 aromatic rings. The van der Waals surface area contributed by atoms with Crippen LogP contribution in [-0.4, -0.2) is 7.05 Å². The minimum Gasteiger partial charge on any atom is -1.00 e. The first-order chi connectivity index (χ1) is 11.2. The summed E-state index contributed by atoms with van der Waals surface area (Å²) in [4.78, 5) is 2.16. The quantitative estimate of drug-likeness (QED) is 0.419. The van der Waals surface area contributed by atoms with Crippen LogP contribution in [0.25, 0.3) is 22.6 Å². The summed E-state index contributed by atoms with van der Waals surface area (Å²) in [5.41, 5.74) is 6.25. The zero-order chi connectivity index (χ0) is 15.8. The molecule has 0 amide bonds. The number of para-hydroxylation sites is 2. The van der Waals surface area contributed by atoms with E-state index in [4.69, 9.17) is 0 Å². The molecule has 0 radical (unpaired) electrons. The molecule has 0 saturated heterocycles. The Morgan fingerprint density at radius 3 is 2.58 bits per heavy atom. The van der Waals surface area contributed by atoms with Crippen LogP contribution in [0, 0.1) is 0 Å². The molecule has 4 rings (SSSR count). The summed E-state index contributed by atoms with van der Waals surface area (Å²) >= 11 is 0. The molecule has 2 aromatic carbocycles. The lowest BCUT2D eigenvalue weighted by atomic mass is 9.97. The number of nitrogens with zero attached hydrogens (tertiary/aromatic N) is 2. The van der Waals surface area contributed by atoms with Crippen molar-refractivity contribution in [3.63, 3.8) is 0 Å². The maximum absolute atomic E-state index is 2.28. The largest absolute Gasteiger partial charge is 1.00 e. The predicted octanol–water partition coefficient (Wildman–Crippen LogP) is 1.17. The second kappa shape index (κ2) is 6.77. The van der Waals surface area contributed by atoms with E-state index in [1.165, 1.54) is 33.3 Å². The first-order valence-electron chi connectivity index (χ1n) is 7.83. The molecule has 24 heavy (non-hydrogen) atoms. The maximum Gasteiger partial charge on any atom is 0.212 e. The smallest absolute Gasteiger partial charge is 0.212 e. The highest BCUT2D eigenvalue weighted by Gasteiger charge is 2.14. The molecule has 0 saturated carbocycles. The van der Waals surface area contributed by atoms with Crippen molar-refractivity contribution in [3.8, 4) is 0 Å². The van der Waals surface area contributed by atoms with Gasteiger partial charge in [0.2, 0.25) is 5.52 Å². The molecule has 0 N–H and O–H groups in total. The number of benzene rings is 2. The van der Waals surface area contributed by atoms with Crippen LogP contribution in [0.5, 0.6) is 0 Å². The van der Waals surface area contributed by atoms with Gasteiger partial charge in [0.1, 0.15) is 7.05 Å². The summed E-state index contributed by atoms with van der Waals surface area (Å²) in [6.07, 6.45) is 8.72. The summed E-state index contributed by atoms with van der Waals surface area (Å²) < 4.78 is 2.16. The van der Waals surface area contributed by atoms with Crippen molar-refractivity contribution in [3.05, 3.63) is 84.2 Å². The number of rotatable bonds is 1. The molecule has 120 valence electrons. The number of aromatic nitrogens is 1. The number of hydrogen-bond donors (Lipinski definition) is 0. The van der Waals surface area contributed by atoms with Crippen molar-refractivity contribution in [1.29, 1.82) is 0 Å². The number of halogens is 1. The molecule has 0 bridgehead atoms. The number of aryl methyl sites for hydroxylation is 1. The third kappa shape index (κ3) is 2.84. The minimum absolute atomic E-state index is 0. The van der Waals surface area contributed by atoms with Gasteiger partial charge in [0.25, 0.3) is 0 Å². The third-order valence-electron chi connectivity index (χ3n) is 4.46. The Morgan fingerprint density at radius 2 is 1.71 bits per heavy atom. The third-order valence-corrected chi connectivity index (χ3v) is 4.46. The first-order valence-corrected chi connectivity index (χ1v) is 7.83. The average Bonchev–Trinajstić information content (AvgIpc) is 2.60. The van der Waals surface area contributed by atoms with Crippen molar-refractivity contribution in [2.24, 2.45) is 7.05 Å². The molecule has 3 heteroatoms. The maximum atomic E-state index is 2.28. The lowest BCUT2D eigenvalue weighted by Gasteiger charge is -2.23. The standard InChI is InChI=1S/C21H19N2.HI/c1-22-13-11-16(18-7-3-5-9-20(18)22)15-17-12-14-23(2)21-10-6-4-8-19(17)21;/h3-15H,1-2H3;1H/q+1;/p-1. The predicted molar refractivity (Wildman–Crippen MR) is 97.0 cm³/mol. The molecule has 1 aliphatic rings. The zero-order valence-corrected chi connectivity index (χ0v) is 15.9. The Balaban J connectivity index is 0.00000169. The van der Waals surface area contributed by atoms with Crippen LogP contribution in [0.4, 0.5) is 5.69 Å². The Morgan fingerprint density at radius 1 is 0.958 bits per heavy atom. The second-order valence-corrected chi connectivity index (χ2v) is 5.94. The summed E-state index contributed by atoms with van der Waals surface area (Å²) in [7, 11) is 4.17. The number of pyridine rings is 1. The van der Waals surface area contributed by atoms with Gasteiger partial charge in [-0.15, -0.1) is 0 Å². The van der Waals surface area contributed by atoms with Crippen LogP contribution >= 0.6 is 0 Å². The average molecular weight is 426 g/mol. The summed E-state index contributed by atoms with van der Waals surface area (Å²) in [5.74, 6) is 0.